The van der Waals surface area contributed by atoms with Crippen LogP contribution in [-0.4, -0.2) is 44.4 Å². The van der Waals surface area contributed by atoms with Gasteiger partial charge in [-0.25, -0.2) is 0 Å². The number of carbonyl (C=O) groups excluding carboxylic acids is 4. The molecular weight excluding hydrogens is 242 g/mol. The third-order valence-corrected chi connectivity index (χ3v) is 1.99. The van der Waals surface area contributed by atoms with E-state index in [-0.39, 0.29) is 6.54 Å². The number of carbonyl (C=O) groups is 4. The number of rotatable bonds is 7. The van der Waals surface area contributed by atoms with Crippen molar-refractivity contribution in [2.75, 3.05) is 20.8 Å². The summed E-state index contributed by atoms with van der Waals surface area (Å²) in [5.41, 5.74) is 0. The quantitative estimate of drug-likeness (QED) is 0.364. The number of nitrogens with one attached hydrogen (secondary N) is 1. The lowest BCUT2D eigenvalue weighted by atomic mass is 10.0. The maximum Gasteiger partial charge on any atom is 0.325 e. The van der Waals surface area contributed by atoms with Crippen LogP contribution in [0, 0.1) is 5.92 Å². The number of ether oxygens (including phenoxy) is 2. The van der Waals surface area contributed by atoms with Gasteiger partial charge in [-0.05, 0) is 0 Å². The summed E-state index contributed by atoms with van der Waals surface area (Å²) in [7, 11) is 2.14. The molecule has 0 aliphatic carbocycles. The molecule has 0 aliphatic rings. The summed E-state index contributed by atoms with van der Waals surface area (Å²) >= 11 is 0. The molecule has 1 unspecified atom stereocenters. The zero-order valence-corrected chi connectivity index (χ0v) is 10.2. The first-order valence-electron chi connectivity index (χ1n) is 5.03. The lowest BCUT2D eigenvalue weighted by molar-refractivity contribution is -0.154. The molecule has 18 heavy (non-hydrogen) atoms. The van der Waals surface area contributed by atoms with Gasteiger partial charge in [-0.15, -0.1) is 6.58 Å². The average molecular weight is 257 g/mol. The first kappa shape index (κ1) is 15.8. The lowest BCUT2D eigenvalue weighted by Crippen LogP contribution is -2.41. The molecule has 0 bridgehead atoms. The fourth-order valence-electron chi connectivity index (χ4n) is 1.09. The van der Waals surface area contributed by atoms with E-state index in [2.05, 4.69) is 21.4 Å². The summed E-state index contributed by atoms with van der Waals surface area (Å²) < 4.78 is 8.64. The highest BCUT2D eigenvalue weighted by atomic mass is 16.5. The number of methoxy groups -OCH3 is 2. The van der Waals surface area contributed by atoms with Crippen LogP contribution in [0.2, 0.25) is 0 Å². The van der Waals surface area contributed by atoms with Gasteiger partial charge in [0.25, 0.3) is 0 Å². The Balaban J connectivity index is 4.82. The molecule has 7 heteroatoms. The number of hydrogen-bond donors (Lipinski definition) is 1. The van der Waals surface area contributed by atoms with E-state index in [1.165, 1.54) is 6.08 Å². The van der Waals surface area contributed by atoms with Crippen LogP contribution in [0.1, 0.15) is 6.42 Å². The molecule has 100 valence electrons. The Morgan fingerprint density at radius 2 is 1.83 bits per heavy atom. The van der Waals surface area contributed by atoms with Gasteiger partial charge in [0.1, 0.15) is 6.42 Å². The molecule has 0 saturated heterocycles. The molecule has 1 atom stereocenters. The Morgan fingerprint density at radius 1 is 1.22 bits per heavy atom. The minimum Gasteiger partial charge on any atom is -0.469 e. The van der Waals surface area contributed by atoms with Gasteiger partial charge in [0, 0.05) is 6.54 Å². The molecule has 0 aromatic rings. The van der Waals surface area contributed by atoms with Crippen LogP contribution in [0.15, 0.2) is 12.7 Å². The van der Waals surface area contributed by atoms with Gasteiger partial charge < -0.3 is 14.8 Å². The van der Waals surface area contributed by atoms with Crippen molar-refractivity contribution in [2.45, 2.75) is 6.42 Å². The van der Waals surface area contributed by atoms with Gasteiger partial charge in [-0.2, -0.15) is 0 Å². The van der Waals surface area contributed by atoms with E-state index in [0.29, 0.717) is 0 Å². The van der Waals surface area contributed by atoms with Gasteiger partial charge in [-0.3, -0.25) is 19.2 Å². The van der Waals surface area contributed by atoms with Crippen LogP contribution in [0.25, 0.3) is 0 Å². The monoisotopic (exact) mass is 257 g/mol. The van der Waals surface area contributed by atoms with Gasteiger partial charge in [0.15, 0.2) is 11.7 Å². The molecule has 0 saturated carbocycles. The number of Topliss-reactive ketones (excluding diaryl/α,β-unsaturated/α-hetero) is 1. The van der Waals surface area contributed by atoms with E-state index in [1.54, 1.807) is 0 Å². The van der Waals surface area contributed by atoms with Crippen molar-refractivity contribution in [3.63, 3.8) is 0 Å². The maximum atomic E-state index is 11.6. The molecule has 0 spiro atoms. The fourth-order valence-corrected chi connectivity index (χ4v) is 1.09. The maximum absolute atomic E-state index is 11.6. The van der Waals surface area contributed by atoms with Crippen LogP contribution in [0.4, 0.5) is 0 Å². The number of ketones is 1. The summed E-state index contributed by atoms with van der Waals surface area (Å²) in [5.74, 6) is -5.24. The SMILES string of the molecule is C=CCNC(=O)C(C(=O)CC(=O)OC)C(=O)OC. The lowest BCUT2D eigenvalue weighted by Gasteiger charge is -2.12. The van der Waals surface area contributed by atoms with Crippen LogP contribution in [-0.2, 0) is 28.7 Å². The van der Waals surface area contributed by atoms with E-state index in [0.717, 1.165) is 14.2 Å². The summed E-state index contributed by atoms with van der Waals surface area (Å²) in [5, 5.41) is 2.29. The topological polar surface area (TPSA) is 98.8 Å². The minimum absolute atomic E-state index is 0.0951. The average Bonchev–Trinajstić information content (AvgIpc) is 2.35. The predicted octanol–water partition coefficient (Wildman–Crippen LogP) is -0.790. The van der Waals surface area contributed by atoms with Crippen LogP contribution in [0.5, 0.6) is 0 Å². The zero-order valence-electron chi connectivity index (χ0n) is 10.2. The summed E-state index contributed by atoms with van der Waals surface area (Å²) in [4.78, 5) is 45.5. The molecule has 7 nitrogen and oxygen atoms in total. The van der Waals surface area contributed by atoms with Crippen LogP contribution in [0.3, 0.4) is 0 Å². The van der Waals surface area contributed by atoms with Crippen molar-refractivity contribution in [1.82, 2.24) is 5.32 Å². The van der Waals surface area contributed by atoms with Crippen molar-refractivity contribution < 1.29 is 28.7 Å². The third-order valence-electron chi connectivity index (χ3n) is 1.99. The standard InChI is InChI=1S/C11H15NO6/c1-4-5-12-10(15)9(11(16)18-3)7(13)6-8(14)17-2/h4,9H,1,5-6H2,2-3H3,(H,12,15). The second-order valence-electron chi connectivity index (χ2n) is 3.21. The molecule has 0 fully saturated rings. The molecule has 0 aliphatic heterocycles. The highest BCUT2D eigenvalue weighted by Crippen LogP contribution is 2.06. The molecule has 0 aromatic carbocycles. The molecule has 0 rings (SSSR count). The molecule has 1 N–H and O–H groups in total. The largest absolute Gasteiger partial charge is 0.469 e. The highest BCUT2D eigenvalue weighted by molar-refractivity contribution is 6.19. The van der Waals surface area contributed by atoms with E-state index < -0.39 is 36.0 Å². The second kappa shape index (κ2) is 7.99. The van der Waals surface area contributed by atoms with Crippen molar-refractivity contribution in [2.24, 2.45) is 5.92 Å². The van der Waals surface area contributed by atoms with Crippen LogP contribution < -0.4 is 5.32 Å². The van der Waals surface area contributed by atoms with E-state index in [1.807, 2.05) is 0 Å². The van der Waals surface area contributed by atoms with Gasteiger partial charge >= 0.3 is 11.9 Å². The van der Waals surface area contributed by atoms with Gasteiger partial charge in [-0.1, -0.05) is 6.08 Å². The summed E-state index contributed by atoms with van der Waals surface area (Å²) in [6.45, 7) is 3.47. The van der Waals surface area contributed by atoms with Crippen molar-refractivity contribution in [3.8, 4) is 0 Å². The first-order valence-corrected chi connectivity index (χ1v) is 5.03. The Bertz CT molecular complexity index is 363. The molecule has 0 aromatic heterocycles. The Kier molecular flexibility index (Phi) is 7.02. The Labute approximate surface area is 104 Å². The molecule has 1 amide bonds. The smallest absolute Gasteiger partial charge is 0.325 e. The predicted molar refractivity (Wildman–Crippen MR) is 60.4 cm³/mol. The second-order valence-corrected chi connectivity index (χ2v) is 3.21. The Hall–Kier alpha value is -2.18. The first-order chi connectivity index (χ1) is 8.47. The summed E-state index contributed by atoms with van der Waals surface area (Å²) in [6, 6.07) is 0. The number of esters is 2. The van der Waals surface area contributed by atoms with E-state index >= 15 is 0 Å². The van der Waals surface area contributed by atoms with Crippen molar-refractivity contribution in [3.05, 3.63) is 12.7 Å². The Morgan fingerprint density at radius 3 is 2.28 bits per heavy atom. The zero-order chi connectivity index (χ0) is 14.1. The molecular formula is C11H15NO6. The van der Waals surface area contributed by atoms with Gasteiger partial charge in [0.2, 0.25) is 5.91 Å². The molecule has 0 heterocycles. The normalized spacial score (nSPS) is 11.0. The van der Waals surface area contributed by atoms with Gasteiger partial charge in [0.05, 0.1) is 14.2 Å². The fraction of sp³-hybridized carbons (Fsp3) is 0.455. The number of amides is 1. The van der Waals surface area contributed by atoms with E-state index in [9.17, 15) is 19.2 Å². The highest BCUT2D eigenvalue weighted by Gasteiger charge is 2.35. The minimum atomic E-state index is -1.67. The third kappa shape index (κ3) is 4.77. The molecule has 0 radical (unpaired) electrons. The van der Waals surface area contributed by atoms with Crippen molar-refractivity contribution >= 4 is 23.6 Å². The van der Waals surface area contributed by atoms with Crippen molar-refractivity contribution in [1.29, 1.82) is 0 Å². The summed E-state index contributed by atoms with van der Waals surface area (Å²) in [6.07, 6.45) is 0.717. The van der Waals surface area contributed by atoms with Crippen LogP contribution >= 0.6 is 0 Å². The van der Waals surface area contributed by atoms with E-state index in [4.69, 9.17) is 0 Å². The number of hydrogen-bond acceptors (Lipinski definition) is 6.